The fourth-order valence-corrected chi connectivity index (χ4v) is 0.203. The zero-order valence-electron chi connectivity index (χ0n) is 17.2. The van der Waals surface area contributed by atoms with Gasteiger partial charge in [-0.2, -0.15) is 0 Å². The Morgan fingerprint density at radius 3 is 0.515 bits per heavy atom. The summed E-state index contributed by atoms with van der Waals surface area (Å²) in [6.07, 6.45) is 0. The summed E-state index contributed by atoms with van der Waals surface area (Å²) < 4.78 is 4.40. The predicted octanol–water partition coefficient (Wildman–Crippen LogP) is 13.4. The van der Waals surface area contributed by atoms with Crippen LogP contribution in [0.5, 0.6) is 0 Å². The van der Waals surface area contributed by atoms with Gasteiger partial charge in [-0.3, -0.25) is 4.79 Å². The molecule has 0 heterocycles. The van der Waals surface area contributed by atoms with E-state index in [0.717, 1.165) is 0 Å². The van der Waals surface area contributed by atoms with Crippen LogP contribution in [0.15, 0.2) is 0 Å². The molecular weight excluding hydrogens is 826 g/mol. The maximum Gasteiger partial charge on any atom is 0.302 e. The molecule has 20 heteroatoms. The monoisotopic (exact) mass is 844 g/mol. The second-order valence-electron chi connectivity index (χ2n) is 1.83. The Bertz CT molecular complexity index is 148. The second-order valence-corrected chi connectivity index (χ2v) is 9.11. The van der Waals surface area contributed by atoms with Crippen LogP contribution in [-0.4, -0.2) is 60.6 Å². The molecular formula is C13H26Cl18O2. The summed E-state index contributed by atoms with van der Waals surface area (Å²) in [5.74, 6) is -0.211. The largest absolute Gasteiger partial charge is 0.466 e. The van der Waals surface area contributed by atoms with Gasteiger partial charge in [-0.15, -0.1) is 209 Å². The minimum Gasteiger partial charge on any atom is -0.466 e. The molecule has 0 atom stereocenters. The number of rotatable bonds is 1. The van der Waals surface area contributed by atoms with Gasteiger partial charge < -0.3 is 4.74 Å². The van der Waals surface area contributed by atoms with Gasteiger partial charge in [0.25, 0.3) is 0 Å². The molecule has 0 saturated heterocycles. The van der Waals surface area contributed by atoms with Crippen LogP contribution in [0.2, 0.25) is 0 Å². The van der Waals surface area contributed by atoms with Gasteiger partial charge >= 0.3 is 5.97 Å². The van der Waals surface area contributed by atoms with Crippen molar-refractivity contribution in [2.24, 2.45) is 0 Å². The maximum absolute atomic E-state index is 9.82. The zero-order valence-corrected chi connectivity index (χ0v) is 30.8. The number of esters is 1. The summed E-state index contributed by atoms with van der Waals surface area (Å²) in [4.78, 5) is 9.82. The molecule has 0 rings (SSSR count). The molecule has 0 aliphatic heterocycles. The van der Waals surface area contributed by atoms with Crippen LogP contribution in [-0.2, 0) is 9.53 Å². The van der Waals surface area contributed by atoms with Gasteiger partial charge in [0.05, 0.1) is 54.7 Å². The van der Waals surface area contributed by atoms with Gasteiger partial charge in [-0.1, -0.05) is 0 Å². The Morgan fingerprint density at radius 2 is 0.515 bits per heavy atom. The van der Waals surface area contributed by atoms with Crippen molar-refractivity contribution >= 4 is 215 Å². The van der Waals surface area contributed by atoms with Crippen molar-refractivity contribution < 1.29 is 9.53 Å². The first-order valence-corrected chi connectivity index (χ1v) is 16.3. The van der Waals surface area contributed by atoms with Crippen LogP contribution < -0.4 is 0 Å². The van der Waals surface area contributed by atoms with E-state index in [0.29, 0.717) is 6.61 Å². The van der Waals surface area contributed by atoms with Gasteiger partial charge in [0.2, 0.25) is 0 Å². The molecule has 0 fully saturated rings. The number of alkyl halides is 18. The van der Waals surface area contributed by atoms with Crippen LogP contribution in [0.3, 0.4) is 0 Å². The Balaban J connectivity index is -0.0000000226. The summed E-state index contributed by atoms with van der Waals surface area (Å²) in [5.41, 5.74) is 0. The standard InChI is InChI=1S/C4H8O2.9CH2Cl2/c1-3-6-4(2)5;9*2-1-3/h3H2,1-2H3;9*1H2. The van der Waals surface area contributed by atoms with Crippen molar-refractivity contribution in [2.75, 3.05) is 54.7 Å². The van der Waals surface area contributed by atoms with E-state index in [4.69, 9.17) is 209 Å². The number of hydrogen-bond acceptors (Lipinski definition) is 2. The molecule has 0 bridgehead atoms. The Morgan fingerprint density at radius 1 is 0.424 bits per heavy atom. The highest BCUT2D eigenvalue weighted by Gasteiger charge is 1.81. The van der Waals surface area contributed by atoms with Gasteiger partial charge in [-0.25, -0.2) is 0 Å². The highest BCUT2D eigenvalue weighted by atomic mass is 35.6. The van der Waals surface area contributed by atoms with Gasteiger partial charge in [0, 0.05) is 6.92 Å². The molecule has 2 nitrogen and oxygen atoms in total. The molecule has 0 aromatic heterocycles. The first kappa shape index (κ1) is 66.2. The van der Waals surface area contributed by atoms with E-state index >= 15 is 0 Å². The average molecular weight is 853 g/mol. The molecule has 0 aliphatic carbocycles. The molecule has 0 saturated carbocycles. The third-order valence-electron chi connectivity index (χ3n) is 0.348. The van der Waals surface area contributed by atoms with Gasteiger partial charge in [-0.05, 0) is 6.92 Å². The third kappa shape index (κ3) is 747. The van der Waals surface area contributed by atoms with E-state index in [-0.39, 0.29) is 54.0 Å². The molecule has 216 valence electrons. The van der Waals surface area contributed by atoms with E-state index in [1.54, 1.807) is 6.92 Å². The number of hydrogen-bond donors (Lipinski definition) is 0. The second kappa shape index (κ2) is 134. The highest BCUT2D eigenvalue weighted by molar-refractivity contribution is 6.42. The fraction of sp³-hybridized carbons (Fsp3) is 0.923. The minimum atomic E-state index is -0.211. The molecule has 33 heavy (non-hydrogen) atoms. The topological polar surface area (TPSA) is 26.3 Å². The molecule has 0 aromatic carbocycles. The highest BCUT2D eigenvalue weighted by Crippen LogP contribution is 1.75. The van der Waals surface area contributed by atoms with Crippen LogP contribution >= 0.6 is 209 Å². The van der Waals surface area contributed by atoms with E-state index in [2.05, 4.69) is 4.74 Å². The van der Waals surface area contributed by atoms with Gasteiger partial charge in [0.1, 0.15) is 0 Å². The summed E-state index contributed by atoms with van der Waals surface area (Å²) in [5, 5.41) is 1.75. The van der Waals surface area contributed by atoms with E-state index < -0.39 is 0 Å². The van der Waals surface area contributed by atoms with Crippen molar-refractivity contribution in [3.8, 4) is 0 Å². The molecule has 0 amide bonds. The van der Waals surface area contributed by atoms with E-state index in [1.807, 2.05) is 0 Å². The zero-order chi connectivity index (χ0) is 29.4. The maximum atomic E-state index is 9.82. The predicted molar refractivity (Wildman–Crippen MR) is 171 cm³/mol. The normalized spacial score (nSPS) is 6.30. The van der Waals surface area contributed by atoms with Crippen molar-refractivity contribution in [1.82, 2.24) is 0 Å². The first-order chi connectivity index (χ1) is 15.5. The Kier molecular flexibility index (Phi) is 268. The summed E-state index contributed by atoms with van der Waals surface area (Å²) >= 11 is 85.7. The lowest BCUT2D eigenvalue weighted by Gasteiger charge is -1.89. The molecule has 0 unspecified atom stereocenters. The summed E-state index contributed by atoms with van der Waals surface area (Å²) in [6.45, 7) is 3.65. The lowest BCUT2D eigenvalue weighted by atomic mass is 10.8. The lowest BCUT2D eigenvalue weighted by molar-refractivity contribution is -0.140. The lowest BCUT2D eigenvalue weighted by Crippen LogP contribution is -1.95. The van der Waals surface area contributed by atoms with Crippen LogP contribution in [0.4, 0.5) is 0 Å². The smallest absolute Gasteiger partial charge is 0.302 e. The quantitative estimate of drug-likeness (QED) is 0.194. The van der Waals surface area contributed by atoms with Crippen molar-refractivity contribution in [3.05, 3.63) is 0 Å². The van der Waals surface area contributed by atoms with Crippen molar-refractivity contribution in [3.63, 3.8) is 0 Å². The molecule has 0 N–H and O–H groups in total. The summed E-state index contributed by atoms with van der Waals surface area (Å²) in [7, 11) is 0. The number of carbonyl (C=O) groups excluding carboxylic acids is 1. The van der Waals surface area contributed by atoms with Gasteiger partial charge in [0.15, 0.2) is 0 Å². The first-order valence-electron chi connectivity index (χ1n) is 6.71. The number of halogens is 18. The van der Waals surface area contributed by atoms with Crippen LogP contribution in [0.25, 0.3) is 0 Å². The van der Waals surface area contributed by atoms with E-state index in [1.165, 1.54) is 6.92 Å². The SMILES string of the molecule is CCOC(C)=O.ClCCl.ClCCl.ClCCl.ClCCl.ClCCl.ClCCl.ClCCl.ClCCl.ClCCl. The number of carbonyl (C=O) groups is 1. The number of ether oxygens (including phenoxy) is 1. The fourth-order valence-electron chi connectivity index (χ4n) is 0.203. The van der Waals surface area contributed by atoms with Crippen LogP contribution in [0.1, 0.15) is 13.8 Å². The minimum absolute atomic E-state index is 0.194. The summed E-state index contributed by atoms with van der Waals surface area (Å²) in [6, 6.07) is 0. The molecule has 0 aliphatic rings. The van der Waals surface area contributed by atoms with E-state index in [9.17, 15) is 4.79 Å². The Labute approximate surface area is 289 Å². The van der Waals surface area contributed by atoms with Crippen molar-refractivity contribution in [1.29, 1.82) is 0 Å². The average Bonchev–Trinajstić information content (AvgIpc) is 2.67. The molecule has 0 spiro atoms. The third-order valence-corrected chi connectivity index (χ3v) is 0.348. The van der Waals surface area contributed by atoms with Crippen molar-refractivity contribution in [2.45, 2.75) is 13.8 Å². The Hall–Kier alpha value is 4.69. The molecule has 0 aromatic rings. The van der Waals surface area contributed by atoms with Crippen LogP contribution in [0, 0.1) is 0 Å². The molecule has 0 radical (unpaired) electrons.